The van der Waals surface area contributed by atoms with Gasteiger partial charge in [0.2, 0.25) is 5.91 Å². The predicted octanol–water partition coefficient (Wildman–Crippen LogP) is 5.51. The number of carbonyl (C=O) groups is 1. The third-order valence-corrected chi connectivity index (χ3v) is 5.16. The van der Waals surface area contributed by atoms with Crippen molar-refractivity contribution in [1.82, 2.24) is 15.3 Å². The third-order valence-electron chi connectivity index (χ3n) is 4.23. The molecule has 0 radical (unpaired) electrons. The van der Waals surface area contributed by atoms with Crippen molar-refractivity contribution in [2.75, 3.05) is 5.75 Å². The van der Waals surface area contributed by atoms with Gasteiger partial charge in [0.1, 0.15) is 11.4 Å². The van der Waals surface area contributed by atoms with Crippen molar-refractivity contribution in [3.63, 3.8) is 0 Å². The van der Waals surface area contributed by atoms with Gasteiger partial charge in [-0.1, -0.05) is 42.1 Å². The SMILES string of the molecule is C[C@@H](NC(=O)CCCSc1nc(-c2ccco2)cc(C(F)(F)F)n1)c1ccccc1. The van der Waals surface area contributed by atoms with Crippen molar-refractivity contribution in [2.24, 2.45) is 0 Å². The van der Waals surface area contributed by atoms with Gasteiger partial charge in [-0.3, -0.25) is 4.79 Å². The average molecular weight is 435 g/mol. The van der Waals surface area contributed by atoms with Gasteiger partial charge in [-0.15, -0.1) is 0 Å². The van der Waals surface area contributed by atoms with Gasteiger partial charge >= 0.3 is 6.18 Å². The molecule has 1 amide bonds. The fourth-order valence-electron chi connectivity index (χ4n) is 2.72. The molecule has 9 heteroatoms. The Balaban J connectivity index is 1.55. The Hall–Kier alpha value is -2.81. The van der Waals surface area contributed by atoms with Gasteiger partial charge in [-0.25, -0.2) is 9.97 Å². The van der Waals surface area contributed by atoms with Crippen molar-refractivity contribution >= 4 is 17.7 Å². The first-order valence-corrected chi connectivity index (χ1v) is 10.3. The Morgan fingerprint density at radius 2 is 1.93 bits per heavy atom. The molecule has 1 atom stereocenters. The summed E-state index contributed by atoms with van der Waals surface area (Å²) >= 11 is 1.08. The summed E-state index contributed by atoms with van der Waals surface area (Å²) in [7, 11) is 0. The second-order valence-electron chi connectivity index (χ2n) is 6.55. The summed E-state index contributed by atoms with van der Waals surface area (Å²) in [5.41, 5.74) is 0.0446. The van der Waals surface area contributed by atoms with Crippen LogP contribution in [-0.4, -0.2) is 21.6 Å². The molecule has 0 aliphatic rings. The number of thioether (sulfide) groups is 1. The minimum Gasteiger partial charge on any atom is -0.463 e. The van der Waals surface area contributed by atoms with Gasteiger partial charge in [0, 0.05) is 12.2 Å². The van der Waals surface area contributed by atoms with Crippen molar-refractivity contribution in [3.05, 3.63) is 66.1 Å². The van der Waals surface area contributed by atoms with E-state index in [4.69, 9.17) is 4.42 Å². The first kappa shape index (κ1) is 21.9. The zero-order chi connectivity index (χ0) is 21.6. The summed E-state index contributed by atoms with van der Waals surface area (Å²) in [6, 6.07) is 13.4. The molecule has 30 heavy (non-hydrogen) atoms. The quantitative estimate of drug-likeness (QED) is 0.287. The monoisotopic (exact) mass is 435 g/mol. The van der Waals surface area contributed by atoms with Gasteiger partial charge in [0.15, 0.2) is 10.9 Å². The lowest BCUT2D eigenvalue weighted by Gasteiger charge is -2.14. The van der Waals surface area contributed by atoms with E-state index in [1.165, 1.54) is 12.3 Å². The highest BCUT2D eigenvalue weighted by atomic mass is 32.2. The normalized spacial score (nSPS) is 12.5. The highest BCUT2D eigenvalue weighted by molar-refractivity contribution is 7.99. The van der Waals surface area contributed by atoms with Crippen LogP contribution in [0.5, 0.6) is 0 Å². The zero-order valence-electron chi connectivity index (χ0n) is 16.1. The van der Waals surface area contributed by atoms with Gasteiger partial charge in [0.05, 0.1) is 12.3 Å². The van der Waals surface area contributed by atoms with Crippen molar-refractivity contribution in [2.45, 2.75) is 37.1 Å². The highest BCUT2D eigenvalue weighted by Gasteiger charge is 2.34. The minimum absolute atomic E-state index is 0.00529. The molecule has 2 aromatic heterocycles. The Morgan fingerprint density at radius 3 is 2.60 bits per heavy atom. The predicted molar refractivity (Wildman–Crippen MR) is 108 cm³/mol. The van der Waals surface area contributed by atoms with E-state index < -0.39 is 11.9 Å². The molecule has 3 rings (SSSR count). The molecule has 0 aliphatic heterocycles. The number of hydrogen-bond acceptors (Lipinski definition) is 5. The molecular formula is C21H20F3N3O2S. The molecule has 3 aromatic rings. The molecule has 0 bridgehead atoms. The fourth-order valence-corrected chi connectivity index (χ4v) is 3.52. The molecule has 0 saturated carbocycles. The van der Waals surface area contributed by atoms with Crippen LogP contribution < -0.4 is 5.32 Å². The number of carbonyl (C=O) groups excluding carboxylic acids is 1. The van der Waals surface area contributed by atoms with Crippen molar-refractivity contribution in [3.8, 4) is 11.5 Å². The molecule has 1 N–H and O–H groups in total. The number of halogens is 3. The molecular weight excluding hydrogens is 415 g/mol. The summed E-state index contributed by atoms with van der Waals surface area (Å²) in [4.78, 5) is 19.9. The lowest BCUT2D eigenvalue weighted by atomic mass is 10.1. The number of alkyl halides is 3. The third kappa shape index (κ3) is 6.09. The van der Waals surface area contributed by atoms with Gasteiger partial charge in [-0.05, 0) is 37.1 Å². The fraction of sp³-hybridized carbons (Fsp3) is 0.286. The first-order valence-electron chi connectivity index (χ1n) is 9.30. The topological polar surface area (TPSA) is 68.0 Å². The summed E-state index contributed by atoms with van der Waals surface area (Å²) in [5.74, 6) is 0.527. The number of nitrogens with one attached hydrogen (secondary N) is 1. The molecule has 1 aromatic carbocycles. The zero-order valence-corrected chi connectivity index (χ0v) is 17.0. The van der Waals surface area contributed by atoms with Crippen LogP contribution >= 0.6 is 11.8 Å². The average Bonchev–Trinajstić information content (AvgIpc) is 3.26. The lowest BCUT2D eigenvalue weighted by molar-refractivity contribution is -0.141. The Kier molecular flexibility index (Phi) is 7.15. The maximum atomic E-state index is 13.2. The molecule has 0 spiro atoms. The number of amides is 1. The van der Waals surface area contributed by atoms with E-state index in [-0.39, 0.29) is 35.0 Å². The molecule has 0 unspecified atom stereocenters. The van der Waals surface area contributed by atoms with Crippen LogP contribution in [0.1, 0.15) is 37.1 Å². The standard InChI is InChI=1S/C21H20F3N3O2S/c1-14(15-7-3-2-4-8-15)25-19(28)10-6-12-30-20-26-16(17-9-5-11-29-17)13-18(27-20)21(22,23)24/h2-5,7-9,11,13-14H,6,10,12H2,1H3,(H,25,28)/t14-/m1/s1. The summed E-state index contributed by atoms with van der Waals surface area (Å²) < 4.78 is 44.6. The van der Waals surface area contributed by atoms with Crippen molar-refractivity contribution < 1.29 is 22.4 Å². The lowest BCUT2D eigenvalue weighted by Crippen LogP contribution is -2.26. The van der Waals surface area contributed by atoms with Crippen LogP contribution in [0.25, 0.3) is 11.5 Å². The van der Waals surface area contributed by atoms with Crippen LogP contribution in [0.4, 0.5) is 13.2 Å². The van der Waals surface area contributed by atoms with Gasteiger partial charge < -0.3 is 9.73 Å². The van der Waals surface area contributed by atoms with E-state index in [1.807, 2.05) is 37.3 Å². The molecule has 158 valence electrons. The molecule has 2 heterocycles. The Bertz CT molecular complexity index is 963. The number of rotatable bonds is 8. The Labute approximate surface area is 176 Å². The summed E-state index contributed by atoms with van der Waals surface area (Å²) in [6.07, 6.45) is -2.48. The maximum Gasteiger partial charge on any atom is 0.433 e. The van der Waals surface area contributed by atoms with Crippen LogP contribution in [0.15, 0.2) is 64.4 Å². The van der Waals surface area contributed by atoms with Crippen LogP contribution in [0.3, 0.4) is 0 Å². The van der Waals surface area contributed by atoms with E-state index in [2.05, 4.69) is 15.3 Å². The highest BCUT2D eigenvalue weighted by Crippen LogP contribution is 2.32. The van der Waals surface area contributed by atoms with Gasteiger partial charge in [-0.2, -0.15) is 13.2 Å². The van der Waals surface area contributed by atoms with E-state index in [1.54, 1.807) is 6.07 Å². The molecule has 0 saturated heterocycles. The Morgan fingerprint density at radius 1 is 1.17 bits per heavy atom. The van der Waals surface area contributed by atoms with Gasteiger partial charge in [0.25, 0.3) is 0 Å². The summed E-state index contributed by atoms with van der Waals surface area (Å²) in [6.45, 7) is 1.90. The summed E-state index contributed by atoms with van der Waals surface area (Å²) in [5, 5.41) is 2.91. The number of furan rings is 1. The van der Waals surface area contributed by atoms with E-state index in [0.717, 1.165) is 23.4 Å². The first-order chi connectivity index (χ1) is 14.3. The number of nitrogens with zero attached hydrogens (tertiary/aromatic N) is 2. The minimum atomic E-state index is -4.59. The largest absolute Gasteiger partial charge is 0.463 e. The van der Waals surface area contributed by atoms with Crippen molar-refractivity contribution in [1.29, 1.82) is 0 Å². The van der Waals surface area contributed by atoms with Crippen LogP contribution in [-0.2, 0) is 11.0 Å². The molecule has 0 aliphatic carbocycles. The maximum absolute atomic E-state index is 13.2. The number of aromatic nitrogens is 2. The van der Waals surface area contributed by atoms with E-state index in [0.29, 0.717) is 12.2 Å². The second kappa shape index (κ2) is 9.80. The number of hydrogen-bond donors (Lipinski definition) is 1. The molecule has 5 nitrogen and oxygen atoms in total. The van der Waals surface area contributed by atoms with E-state index in [9.17, 15) is 18.0 Å². The second-order valence-corrected chi connectivity index (χ2v) is 7.61. The molecule has 0 fully saturated rings. The van der Waals surface area contributed by atoms with Crippen LogP contribution in [0.2, 0.25) is 0 Å². The van der Waals surface area contributed by atoms with Crippen LogP contribution in [0, 0.1) is 0 Å². The van der Waals surface area contributed by atoms with E-state index >= 15 is 0 Å². The number of benzene rings is 1. The smallest absolute Gasteiger partial charge is 0.433 e.